The molecule has 1 atom stereocenters. The summed E-state index contributed by atoms with van der Waals surface area (Å²) in [6.45, 7) is -0.720. The van der Waals surface area contributed by atoms with Gasteiger partial charge in [0.25, 0.3) is 5.91 Å². The fourth-order valence-corrected chi connectivity index (χ4v) is 1.99. The van der Waals surface area contributed by atoms with Crippen LogP contribution in [-0.2, 0) is 4.79 Å². The number of aliphatic hydroxyl groups excluding tert-OH is 1. The highest BCUT2D eigenvalue weighted by molar-refractivity contribution is 5.98. The lowest BCUT2D eigenvalue weighted by Gasteiger charge is -2.14. The third kappa shape index (κ3) is 4.78. The van der Waals surface area contributed by atoms with Gasteiger partial charge >= 0.3 is 0 Å². The number of carbonyl (C=O) groups is 2. The minimum Gasteiger partial charge on any atom is -0.388 e. The van der Waals surface area contributed by atoms with E-state index in [0.717, 1.165) is 11.1 Å². The first-order valence-electron chi connectivity index (χ1n) is 7.45. The predicted octanol–water partition coefficient (Wildman–Crippen LogP) is 0.705. The van der Waals surface area contributed by atoms with Crippen LogP contribution < -0.4 is 11.1 Å². The van der Waals surface area contributed by atoms with Crippen molar-refractivity contribution < 1.29 is 14.7 Å². The number of hydrogen-bond donors (Lipinski definition) is 3. The minimum atomic E-state index is -0.889. The van der Waals surface area contributed by atoms with Gasteiger partial charge in [0.1, 0.15) is 12.6 Å². The lowest BCUT2D eigenvalue weighted by atomic mass is 10.1. The number of ketones is 1. The standard InChI is InChI=1S/C19H18N2O3/c20-12-17(18(23)13-22)21-19(24)16-10-8-15(9-11-16)7-6-14-4-2-1-3-5-14/h1-5,8-11,17,22H,12-13,20H2,(H,21,24)/t17-/m0/s1. The number of carbonyl (C=O) groups excluding carboxylic acids is 2. The largest absolute Gasteiger partial charge is 0.388 e. The summed E-state index contributed by atoms with van der Waals surface area (Å²) in [6, 6.07) is 15.4. The molecule has 0 spiro atoms. The summed E-state index contributed by atoms with van der Waals surface area (Å²) >= 11 is 0. The molecule has 2 aromatic carbocycles. The van der Waals surface area contributed by atoms with Gasteiger partial charge in [0.05, 0.1) is 0 Å². The highest BCUT2D eigenvalue weighted by Gasteiger charge is 2.18. The van der Waals surface area contributed by atoms with E-state index in [1.807, 2.05) is 30.3 Å². The van der Waals surface area contributed by atoms with E-state index in [-0.39, 0.29) is 6.54 Å². The van der Waals surface area contributed by atoms with Crippen LogP contribution in [0.15, 0.2) is 54.6 Å². The van der Waals surface area contributed by atoms with E-state index in [1.165, 1.54) is 0 Å². The fourth-order valence-electron chi connectivity index (χ4n) is 1.99. The first-order chi connectivity index (χ1) is 11.6. The summed E-state index contributed by atoms with van der Waals surface area (Å²) in [4.78, 5) is 23.5. The molecule has 0 radical (unpaired) electrons. The molecule has 0 aromatic heterocycles. The Balaban J connectivity index is 2.05. The van der Waals surface area contributed by atoms with Crippen LogP contribution in [0.2, 0.25) is 0 Å². The monoisotopic (exact) mass is 322 g/mol. The van der Waals surface area contributed by atoms with Crippen LogP contribution in [-0.4, -0.2) is 36.0 Å². The number of rotatable bonds is 5. The van der Waals surface area contributed by atoms with Gasteiger partial charge in [-0.05, 0) is 36.4 Å². The van der Waals surface area contributed by atoms with E-state index in [0.29, 0.717) is 5.56 Å². The molecule has 4 N–H and O–H groups in total. The number of benzene rings is 2. The molecule has 1 amide bonds. The third-order valence-electron chi connectivity index (χ3n) is 3.36. The number of hydrogen-bond acceptors (Lipinski definition) is 4. The molecule has 0 saturated heterocycles. The van der Waals surface area contributed by atoms with Gasteiger partial charge in [-0.1, -0.05) is 30.0 Å². The summed E-state index contributed by atoms with van der Waals surface area (Å²) in [6.07, 6.45) is 0. The smallest absolute Gasteiger partial charge is 0.251 e. The van der Waals surface area contributed by atoms with Crippen LogP contribution in [0.5, 0.6) is 0 Å². The van der Waals surface area contributed by atoms with Crippen LogP contribution in [0.25, 0.3) is 0 Å². The zero-order valence-electron chi connectivity index (χ0n) is 13.0. The second-order valence-electron chi connectivity index (χ2n) is 5.08. The maximum absolute atomic E-state index is 12.1. The van der Waals surface area contributed by atoms with E-state index < -0.39 is 24.3 Å². The summed E-state index contributed by atoms with van der Waals surface area (Å²) in [5, 5.41) is 11.3. The zero-order chi connectivity index (χ0) is 17.4. The topological polar surface area (TPSA) is 92.4 Å². The first kappa shape index (κ1) is 17.4. The lowest BCUT2D eigenvalue weighted by molar-refractivity contribution is -0.123. The van der Waals surface area contributed by atoms with Crippen LogP contribution in [0.1, 0.15) is 21.5 Å². The molecule has 0 aliphatic heterocycles. The van der Waals surface area contributed by atoms with Gasteiger partial charge in [0.2, 0.25) is 0 Å². The molecule has 0 aliphatic carbocycles. The van der Waals surface area contributed by atoms with Crippen molar-refractivity contribution in [3.05, 3.63) is 71.3 Å². The lowest BCUT2D eigenvalue weighted by Crippen LogP contribution is -2.46. The van der Waals surface area contributed by atoms with Crippen molar-refractivity contribution in [2.75, 3.05) is 13.2 Å². The highest BCUT2D eigenvalue weighted by atomic mass is 16.3. The van der Waals surface area contributed by atoms with E-state index in [2.05, 4.69) is 17.2 Å². The average Bonchev–Trinajstić information content (AvgIpc) is 2.64. The van der Waals surface area contributed by atoms with Crippen molar-refractivity contribution in [2.24, 2.45) is 5.73 Å². The quantitative estimate of drug-likeness (QED) is 0.707. The number of aliphatic hydroxyl groups is 1. The van der Waals surface area contributed by atoms with Crippen LogP contribution in [0, 0.1) is 11.8 Å². The molecule has 2 aromatic rings. The SMILES string of the molecule is NC[C@H](NC(=O)c1ccc(C#Cc2ccccc2)cc1)C(=O)CO. The van der Waals surface area contributed by atoms with Gasteiger partial charge in [0, 0.05) is 23.2 Å². The van der Waals surface area contributed by atoms with E-state index in [9.17, 15) is 9.59 Å². The first-order valence-corrected chi connectivity index (χ1v) is 7.45. The van der Waals surface area contributed by atoms with Crippen molar-refractivity contribution in [2.45, 2.75) is 6.04 Å². The summed E-state index contributed by atoms with van der Waals surface area (Å²) in [5.41, 5.74) is 7.51. The molecule has 122 valence electrons. The molecular weight excluding hydrogens is 304 g/mol. The van der Waals surface area contributed by atoms with Gasteiger partial charge in [-0.25, -0.2) is 0 Å². The number of Topliss-reactive ketones (excluding diaryl/α,β-unsaturated/α-hetero) is 1. The minimum absolute atomic E-state index is 0.0637. The summed E-state index contributed by atoms with van der Waals surface area (Å²) in [7, 11) is 0. The molecular formula is C19H18N2O3. The Morgan fingerprint density at radius 1 is 1.00 bits per heavy atom. The number of amides is 1. The van der Waals surface area contributed by atoms with Crippen molar-refractivity contribution in [1.82, 2.24) is 5.32 Å². The Kier molecular flexibility index (Phi) is 6.26. The molecule has 5 heteroatoms. The third-order valence-corrected chi connectivity index (χ3v) is 3.36. The molecule has 0 aliphatic rings. The molecule has 0 fully saturated rings. The maximum Gasteiger partial charge on any atom is 0.251 e. The molecule has 0 unspecified atom stereocenters. The summed E-state index contributed by atoms with van der Waals surface area (Å²) < 4.78 is 0. The Labute approximate surface area is 140 Å². The molecule has 24 heavy (non-hydrogen) atoms. The summed E-state index contributed by atoms with van der Waals surface area (Å²) in [5.74, 6) is 5.11. The Bertz CT molecular complexity index is 759. The maximum atomic E-state index is 12.1. The van der Waals surface area contributed by atoms with Gasteiger partial charge in [-0.2, -0.15) is 0 Å². The molecule has 5 nitrogen and oxygen atoms in total. The molecule has 0 heterocycles. The van der Waals surface area contributed by atoms with Crippen molar-refractivity contribution >= 4 is 11.7 Å². The molecule has 2 rings (SSSR count). The van der Waals surface area contributed by atoms with E-state index >= 15 is 0 Å². The highest BCUT2D eigenvalue weighted by Crippen LogP contribution is 2.05. The van der Waals surface area contributed by atoms with E-state index in [4.69, 9.17) is 10.8 Å². The molecule has 0 saturated carbocycles. The Morgan fingerprint density at radius 2 is 1.58 bits per heavy atom. The van der Waals surface area contributed by atoms with Gasteiger partial charge in [-0.3, -0.25) is 9.59 Å². The molecule has 0 bridgehead atoms. The predicted molar refractivity (Wildman–Crippen MR) is 91.3 cm³/mol. The average molecular weight is 322 g/mol. The number of nitrogens with one attached hydrogen (secondary N) is 1. The van der Waals surface area contributed by atoms with Crippen molar-refractivity contribution in [3.8, 4) is 11.8 Å². The van der Waals surface area contributed by atoms with Crippen molar-refractivity contribution in [3.63, 3.8) is 0 Å². The van der Waals surface area contributed by atoms with Crippen molar-refractivity contribution in [1.29, 1.82) is 0 Å². The van der Waals surface area contributed by atoms with Crippen LogP contribution in [0.3, 0.4) is 0 Å². The van der Waals surface area contributed by atoms with Gasteiger partial charge < -0.3 is 16.2 Å². The second-order valence-corrected chi connectivity index (χ2v) is 5.08. The van der Waals surface area contributed by atoms with Crippen LogP contribution >= 0.6 is 0 Å². The Hall–Kier alpha value is -2.94. The van der Waals surface area contributed by atoms with Gasteiger partial charge in [0.15, 0.2) is 5.78 Å². The van der Waals surface area contributed by atoms with Crippen LogP contribution in [0.4, 0.5) is 0 Å². The second kappa shape index (κ2) is 8.63. The van der Waals surface area contributed by atoms with E-state index in [1.54, 1.807) is 24.3 Å². The number of nitrogens with two attached hydrogens (primary N) is 1. The Morgan fingerprint density at radius 3 is 2.12 bits per heavy atom. The zero-order valence-corrected chi connectivity index (χ0v) is 13.0. The fraction of sp³-hybridized carbons (Fsp3) is 0.158. The van der Waals surface area contributed by atoms with Gasteiger partial charge in [-0.15, -0.1) is 0 Å². The normalized spacial score (nSPS) is 11.1.